The maximum absolute atomic E-state index is 15.5. The summed E-state index contributed by atoms with van der Waals surface area (Å²) in [5.41, 5.74) is -1.15. The lowest BCUT2D eigenvalue weighted by Crippen LogP contribution is -2.51. The number of benzene rings is 1. The van der Waals surface area contributed by atoms with Crippen molar-refractivity contribution < 1.29 is 38.4 Å². The molecule has 0 aliphatic heterocycles. The molecule has 1 amide bonds. The van der Waals surface area contributed by atoms with Crippen LogP contribution in [0.3, 0.4) is 0 Å². The van der Waals surface area contributed by atoms with E-state index in [1.54, 1.807) is 20.8 Å². The molecule has 10 heteroatoms. The Labute approximate surface area is 273 Å². The maximum atomic E-state index is 15.5. The van der Waals surface area contributed by atoms with Gasteiger partial charge in [-0.1, -0.05) is 13.3 Å². The zero-order valence-electron chi connectivity index (χ0n) is 28.5. The van der Waals surface area contributed by atoms with Crippen LogP contribution in [0.5, 0.6) is 11.5 Å². The molecule has 0 aromatic heterocycles. The molecule has 4 aliphatic carbocycles. The molecule has 5 rings (SSSR count). The third kappa shape index (κ3) is 7.65. The van der Waals surface area contributed by atoms with Crippen LogP contribution in [0.1, 0.15) is 118 Å². The number of nitrogens with one attached hydrogen (secondary N) is 2. The second-order valence-electron chi connectivity index (χ2n) is 16.1. The fraction of sp³-hybridized carbons (Fsp3) is 0.778. The molecule has 1 aromatic carbocycles. The average Bonchev–Trinajstić information content (AvgIpc) is 3.57. The standard InChI is InChI=1S/C36H55FN2O7/c1-21(2)44-27-18-26(37)28(45-24-10-14-36(20-40,15-11-24)33(43)46-34(3,4)5)17-25(27)31(41)39-30-23-9-8-22(16-23)29(30)32(42)38-19-35(6)12-7-13-35/h17-18,21-24,29-31,39-41H,7-16,19-20H2,1-6H3,(H,38,42)/t22-,23+,24?,29+,30-,31?,36?/m1/s1. The summed E-state index contributed by atoms with van der Waals surface area (Å²) in [4.78, 5) is 26.4. The van der Waals surface area contributed by atoms with Crippen molar-refractivity contribution in [3.8, 4) is 11.5 Å². The van der Waals surface area contributed by atoms with Gasteiger partial charge in [-0.25, -0.2) is 4.39 Å². The van der Waals surface area contributed by atoms with E-state index in [0.717, 1.165) is 32.1 Å². The van der Waals surface area contributed by atoms with Gasteiger partial charge in [0.05, 0.1) is 30.1 Å². The Balaban J connectivity index is 1.29. The summed E-state index contributed by atoms with van der Waals surface area (Å²) in [6.45, 7) is 11.6. The predicted molar refractivity (Wildman–Crippen MR) is 172 cm³/mol. The van der Waals surface area contributed by atoms with Crippen molar-refractivity contribution in [3.05, 3.63) is 23.5 Å². The van der Waals surface area contributed by atoms with Crippen molar-refractivity contribution in [1.29, 1.82) is 0 Å². The van der Waals surface area contributed by atoms with E-state index in [0.29, 0.717) is 37.8 Å². The molecule has 258 valence electrons. The number of halogens is 1. The molecular formula is C36H55FN2O7. The molecule has 46 heavy (non-hydrogen) atoms. The number of aliphatic hydroxyl groups is 2. The van der Waals surface area contributed by atoms with Gasteiger partial charge in [0.2, 0.25) is 5.91 Å². The smallest absolute Gasteiger partial charge is 0.314 e. The van der Waals surface area contributed by atoms with Crippen LogP contribution in [0, 0.1) is 34.4 Å². The number of amides is 1. The molecule has 1 unspecified atom stereocenters. The Morgan fingerprint density at radius 1 is 1.04 bits per heavy atom. The van der Waals surface area contributed by atoms with E-state index in [-0.39, 0.29) is 65.4 Å². The fourth-order valence-corrected chi connectivity index (χ4v) is 8.02. The fourth-order valence-electron chi connectivity index (χ4n) is 8.02. The summed E-state index contributed by atoms with van der Waals surface area (Å²) in [5, 5.41) is 28.3. The SMILES string of the molecule is CC(C)Oc1cc(F)c(OC2CCC(CO)(C(=O)OC(C)(C)C)CC2)cc1C(O)N[C@@H]1[C@H]2CC[C@H](C2)[C@@H]1C(=O)NCC1(C)CCC1. The lowest BCUT2D eigenvalue weighted by Gasteiger charge is -2.39. The number of carbonyl (C=O) groups is 2. The largest absolute Gasteiger partial charge is 0.490 e. The number of ether oxygens (including phenoxy) is 3. The third-order valence-electron chi connectivity index (χ3n) is 10.9. The second-order valence-corrected chi connectivity index (χ2v) is 16.1. The van der Waals surface area contributed by atoms with E-state index in [1.807, 2.05) is 13.8 Å². The van der Waals surface area contributed by atoms with Gasteiger partial charge in [-0.3, -0.25) is 14.9 Å². The predicted octanol–water partition coefficient (Wildman–Crippen LogP) is 5.56. The van der Waals surface area contributed by atoms with Crippen LogP contribution in [-0.4, -0.2) is 59.1 Å². The first kappa shape index (κ1) is 34.9. The zero-order valence-corrected chi connectivity index (χ0v) is 28.5. The van der Waals surface area contributed by atoms with E-state index in [9.17, 15) is 19.8 Å². The van der Waals surface area contributed by atoms with Crippen molar-refractivity contribution in [1.82, 2.24) is 10.6 Å². The van der Waals surface area contributed by atoms with E-state index in [2.05, 4.69) is 17.6 Å². The highest BCUT2D eigenvalue weighted by atomic mass is 19.1. The Morgan fingerprint density at radius 3 is 2.30 bits per heavy atom. The Kier molecular flexibility index (Phi) is 10.3. The van der Waals surface area contributed by atoms with Gasteiger partial charge >= 0.3 is 5.97 Å². The summed E-state index contributed by atoms with van der Waals surface area (Å²) >= 11 is 0. The minimum atomic E-state index is -1.21. The normalized spacial score (nSPS) is 30.9. The number of carbonyl (C=O) groups excluding carboxylic acids is 2. The van der Waals surface area contributed by atoms with Crippen molar-refractivity contribution >= 4 is 11.9 Å². The molecule has 4 saturated carbocycles. The maximum Gasteiger partial charge on any atom is 0.314 e. The monoisotopic (exact) mass is 646 g/mol. The van der Waals surface area contributed by atoms with E-state index in [4.69, 9.17) is 14.2 Å². The van der Waals surface area contributed by atoms with Crippen LogP contribution in [0.4, 0.5) is 4.39 Å². The van der Waals surface area contributed by atoms with Gasteiger partial charge in [-0.05, 0) is 116 Å². The van der Waals surface area contributed by atoms with Gasteiger partial charge in [0.15, 0.2) is 11.6 Å². The average molecular weight is 647 g/mol. The molecule has 0 saturated heterocycles. The lowest BCUT2D eigenvalue weighted by molar-refractivity contribution is -0.174. The number of aliphatic hydroxyl groups excluding tert-OH is 2. The van der Waals surface area contributed by atoms with Crippen molar-refractivity contribution in [2.75, 3.05) is 13.2 Å². The molecular weight excluding hydrogens is 591 g/mol. The van der Waals surface area contributed by atoms with Gasteiger partial charge < -0.3 is 29.7 Å². The van der Waals surface area contributed by atoms with Crippen molar-refractivity contribution in [3.63, 3.8) is 0 Å². The molecule has 0 radical (unpaired) electrons. The number of hydrogen-bond donors (Lipinski definition) is 4. The van der Waals surface area contributed by atoms with E-state index < -0.39 is 29.0 Å². The summed E-state index contributed by atoms with van der Waals surface area (Å²) in [7, 11) is 0. The van der Waals surface area contributed by atoms with Crippen LogP contribution in [0.2, 0.25) is 0 Å². The van der Waals surface area contributed by atoms with Gasteiger partial charge in [0, 0.05) is 24.2 Å². The number of esters is 1. The quantitative estimate of drug-likeness (QED) is 0.172. The molecule has 4 aliphatic rings. The van der Waals surface area contributed by atoms with Crippen LogP contribution in [0.15, 0.2) is 12.1 Å². The van der Waals surface area contributed by atoms with Crippen molar-refractivity contribution in [2.24, 2.45) is 28.6 Å². The van der Waals surface area contributed by atoms with Crippen LogP contribution < -0.4 is 20.1 Å². The first-order valence-electron chi connectivity index (χ1n) is 17.3. The summed E-state index contributed by atoms with van der Waals surface area (Å²) in [5.74, 6) is -0.463. The number of hydrogen-bond acceptors (Lipinski definition) is 8. The van der Waals surface area contributed by atoms with Gasteiger partial charge in [-0.15, -0.1) is 0 Å². The first-order chi connectivity index (χ1) is 21.6. The van der Waals surface area contributed by atoms with E-state index in [1.165, 1.54) is 18.6 Å². The summed E-state index contributed by atoms with van der Waals surface area (Å²) in [6.07, 6.45) is 6.14. The van der Waals surface area contributed by atoms with Gasteiger partial charge in [0.25, 0.3) is 0 Å². The Morgan fingerprint density at radius 2 is 1.72 bits per heavy atom. The van der Waals surface area contributed by atoms with Crippen LogP contribution in [0.25, 0.3) is 0 Å². The highest BCUT2D eigenvalue weighted by molar-refractivity contribution is 5.80. The highest BCUT2D eigenvalue weighted by Crippen LogP contribution is 2.50. The lowest BCUT2D eigenvalue weighted by atomic mass is 9.70. The number of rotatable bonds is 12. The second kappa shape index (κ2) is 13.6. The van der Waals surface area contributed by atoms with Crippen LogP contribution in [-0.2, 0) is 14.3 Å². The molecule has 1 aromatic rings. The third-order valence-corrected chi connectivity index (χ3v) is 10.9. The molecule has 0 spiro atoms. The molecule has 9 nitrogen and oxygen atoms in total. The minimum absolute atomic E-state index is 0.0123. The summed E-state index contributed by atoms with van der Waals surface area (Å²) < 4.78 is 33.1. The van der Waals surface area contributed by atoms with Gasteiger partial charge in [-0.2, -0.15) is 0 Å². The van der Waals surface area contributed by atoms with Crippen molar-refractivity contribution in [2.45, 2.75) is 136 Å². The molecule has 2 bridgehead atoms. The Hall–Kier alpha value is -2.43. The minimum Gasteiger partial charge on any atom is -0.490 e. The van der Waals surface area contributed by atoms with Gasteiger partial charge in [0.1, 0.15) is 17.6 Å². The zero-order chi connectivity index (χ0) is 33.4. The topological polar surface area (TPSA) is 126 Å². The summed E-state index contributed by atoms with van der Waals surface area (Å²) in [6, 6.07) is 2.54. The molecule has 4 fully saturated rings. The molecule has 0 heterocycles. The van der Waals surface area contributed by atoms with E-state index >= 15 is 4.39 Å². The first-order valence-corrected chi connectivity index (χ1v) is 17.3. The highest BCUT2D eigenvalue weighted by Gasteiger charge is 2.52. The Bertz CT molecular complexity index is 1250. The van der Waals surface area contributed by atoms with Crippen LogP contribution >= 0.6 is 0 Å². The number of fused-ring (bicyclic) bond motifs is 2. The molecule has 5 atom stereocenters. The molecule has 4 N–H and O–H groups in total.